The molecule has 2 aromatic heterocycles. The Labute approximate surface area is 142 Å². The van der Waals surface area contributed by atoms with Gasteiger partial charge in [-0.2, -0.15) is 0 Å². The van der Waals surface area contributed by atoms with Crippen LogP contribution in [-0.2, 0) is 0 Å². The average Bonchev–Trinajstić information content (AvgIpc) is 2.91. The highest BCUT2D eigenvalue weighted by Gasteiger charge is 2.24. The first-order valence-electron chi connectivity index (χ1n) is 7.78. The van der Waals surface area contributed by atoms with Crippen LogP contribution in [0.3, 0.4) is 0 Å². The number of nitrogens with zero attached hydrogens (tertiary/aromatic N) is 3. The van der Waals surface area contributed by atoms with Crippen molar-refractivity contribution < 1.29 is 0 Å². The first-order chi connectivity index (χ1) is 11.2. The van der Waals surface area contributed by atoms with Crippen LogP contribution in [0.2, 0.25) is 0 Å². The number of anilines is 1. The average molecular weight is 373 g/mol. The molecule has 6 heteroatoms. The molecule has 0 bridgehead atoms. The van der Waals surface area contributed by atoms with E-state index < -0.39 is 0 Å². The smallest absolute Gasteiger partial charge is 0.326 e. The van der Waals surface area contributed by atoms with Crippen LogP contribution < -0.4 is 10.6 Å². The van der Waals surface area contributed by atoms with Gasteiger partial charge in [-0.25, -0.2) is 9.78 Å². The van der Waals surface area contributed by atoms with E-state index in [1.54, 1.807) is 0 Å². The summed E-state index contributed by atoms with van der Waals surface area (Å²) in [5, 5.41) is 0. The highest BCUT2D eigenvalue weighted by molar-refractivity contribution is 9.10. The number of benzene rings is 1. The molecule has 1 aromatic carbocycles. The molecule has 0 spiro atoms. The summed E-state index contributed by atoms with van der Waals surface area (Å²) < 4.78 is 2.91. The van der Waals surface area contributed by atoms with E-state index in [1.807, 2.05) is 47.2 Å². The summed E-state index contributed by atoms with van der Waals surface area (Å²) in [4.78, 5) is 22.0. The Hall–Kier alpha value is -2.08. The van der Waals surface area contributed by atoms with Crippen molar-refractivity contribution in [1.29, 1.82) is 0 Å². The van der Waals surface area contributed by atoms with E-state index in [0.29, 0.717) is 0 Å². The molecule has 118 valence electrons. The zero-order valence-electron chi connectivity index (χ0n) is 12.6. The second-order valence-electron chi connectivity index (χ2n) is 5.87. The molecule has 0 amide bonds. The summed E-state index contributed by atoms with van der Waals surface area (Å²) >= 11 is 3.41. The molecule has 3 aromatic rings. The molecule has 1 N–H and O–H groups in total. The fraction of sp³-hybridized carbons (Fsp3) is 0.294. The number of nitrogens with one attached hydrogen (secondary N) is 1. The Morgan fingerprint density at radius 3 is 2.65 bits per heavy atom. The topological polar surface area (TPSA) is 53.9 Å². The van der Waals surface area contributed by atoms with Crippen molar-refractivity contribution in [2.24, 2.45) is 0 Å². The SMILES string of the molecule is O=c1[nH]c2ccccc2n1C1CCN(c2ccc(Br)cn2)CC1. The van der Waals surface area contributed by atoms with Crippen LogP contribution in [0.15, 0.2) is 51.9 Å². The number of fused-ring (bicyclic) bond motifs is 1. The molecule has 0 saturated carbocycles. The number of aromatic nitrogens is 3. The van der Waals surface area contributed by atoms with Crippen LogP contribution in [0, 0.1) is 0 Å². The van der Waals surface area contributed by atoms with Crippen molar-refractivity contribution in [2.45, 2.75) is 18.9 Å². The molecular formula is C17H17BrN4O. The fourth-order valence-corrected chi connectivity index (χ4v) is 3.58. The van der Waals surface area contributed by atoms with Crippen LogP contribution in [-0.4, -0.2) is 27.6 Å². The Morgan fingerprint density at radius 2 is 1.91 bits per heavy atom. The largest absolute Gasteiger partial charge is 0.356 e. The molecule has 5 nitrogen and oxygen atoms in total. The zero-order valence-corrected chi connectivity index (χ0v) is 14.2. The van der Waals surface area contributed by atoms with E-state index in [0.717, 1.165) is 47.3 Å². The van der Waals surface area contributed by atoms with Gasteiger partial charge in [0.05, 0.1) is 11.0 Å². The van der Waals surface area contributed by atoms with Crippen molar-refractivity contribution in [3.63, 3.8) is 0 Å². The minimum atomic E-state index is -0.00795. The van der Waals surface area contributed by atoms with Gasteiger partial charge in [0.25, 0.3) is 0 Å². The lowest BCUT2D eigenvalue weighted by Crippen LogP contribution is -2.37. The highest BCUT2D eigenvalue weighted by Crippen LogP contribution is 2.27. The maximum absolute atomic E-state index is 12.3. The fourth-order valence-electron chi connectivity index (χ4n) is 3.34. The first kappa shape index (κ1) is 14.5. The van der Waals surface area contributed by atoms with Crippen molar-refractivity contribution in [3.05, 3.63) is 57.6 Å². The monoisotopic (exact) mass is 372 g/mol. The second-order valence-corrected chi connectivity index (χ2v) is 6.79. The van der Waals surface area contributed by atoms with Gasteiger partial charge in [0, 0.05) is 29.8 Å². The molecule has 0 unspecified atom stereocenters. The Morgan fingerprint density at radius 1 is 1.13 bits per heavy atom. The maximum Gasteiger partial charge on any atom is 0.326 e. The summed E-state index contributed by atoms with van der Waals surface area (Å²) in [5.41, 5.74) is 1.90. The molecular weight excluding hydrogens is 356 g/mol. The van der Waals surface area contributed by atoms with Gasteiger partial charge in [-0.15, -0.1) is 0 Å². The number of H-pyrrole nitrogens is 1. The van der Waals surface area contributed by atoms with E-state index in [1.165, 1.54) is 0 Å². The molecule has 23 heavy (non-hydrogen) atoms. The lowest BCUT2D eigenvalue weighted by molar-refractivity contribution is 0.395. The highest BCUT2D eigenvalue weighted by atomic mass is 79.9. The number of rotatable bonds is 2. The molecule has 0 aliphatic carbocycles. The third-order valence-corrected chi connectivity index (χ3v) is 4.96. The van der Waals surface area contributed by atoms with Gasteiger partial charge in [0.2, 0.25) is 0 Å². The molecule has 1 saturated heterocycles. The standard InChI is InChI=1S/C17H17BrN4O/c18-12-5-6-16(19-11-12)21-9-7-13(8-10-21)22-15-4-2-1-3-14(15)20-17(22)23/h1-6,11,13H,7-10H2,(H,20,23). The quantitative estimate of drug-likeness (QED) is 0.750. The lowest BCUT2D eigenvalue weighted by Gasteiger charge is -2.33. The normalized spacial score (nSPS) is 16.1. The van der Waals surface area contributed by atoms with E-state index in [4.69, 9.17) is 0 Å². The van der Waals surface area contributed by atoms with E-state index in [2.05, 4.69) is 30.8 Å². The summed E-state index contributed by atoms with van der Waals surface area (Å²) in [6.45, 7) is 1.82. The summed E-state index contributed by atoms with van der Waals surface area (Å²) in [6, 6.07) is 12.2. The number of piperidine rings is 1. The van der Waals surface area contributed by atoms with E-state index in [-0.39, 0.29) is 11.7 Å². The van der Waals surface area contributed by atoms with Crippen LogP contribution in [0.25, 0.3) is 11.0 Å². The van der Waals surface area contributed by atoms with Gasteiger partial charge in [-0.05, 0) is 53.0 Å². The van der Waals surface area contributed by atoms with Crippen LogP contribution in [0.4, 0.5) is 5.82 Å². The Kier molecular flexibility index (Phi) is 3.69. The van der Waals surface area contributed by atoms with Gasteiger partial charge < -0.3 is 9.88 Å². The minimum absolute atomic E-state index is 0.00795. The number of halogens is 1. The summed E-state index contributed by atoms with van der Waals surface area (Å²) in [6.07, 6.45) is 3.71. The third kappa shape index (κ3) is 2.67. The number of para-hydroxylation sites is 2. The van der Waals surface area contributed by atoms with Crippen molar-refractivity contribution >= 4 is 32.8 Å². The molecule has 4 rings (SSSR count). The predicted octanol–water partition coefficient (Wildman–Crippen LogP) is 3.33. The van der Waals surface area contributed by atoms with Crippen molar-refractivity contribution in [3.8, 4) is 0 Å². The van der Waals surface area contributed by atoms with Gasteiger partial charge in [-0.1, -0.05) is 12.1 Å². The maximum atomic E-state index is 12.3. The molecule has 0 atom stereocenters. The number of imidazole rings is 1. The lowest BCUT2D eigenvalue weighted by atomic mass is 10.0. The third-order valence-electron chi connectivity index (χ3n) is 4.49. The number of aromatic amines is 1. The first-order valence-corrected chi connectivity index (χ1v) is 8.57. The predicted molar refractivity (Wildman–Crippen MR) is 95.0 cm³/mol. The second kappa shape index (κ2) is 5.85. The van der Waals surface area contributed by atoms with Crippen molar-refractivity contribution in [1.82, 2.24) is 14.5 Å². The summed E-state index contributed by atoms with van der Waals surface area (Å²) in [7, 11) is 0. The van der Waals surface area contributed by atoms with Gasteiger partial charge in [0.15, 0.2) is 0 Å². The van der Waals surface area contributed by atoms with E-state index in [9.17, 15) is 4.79 Å². The van der Waals surface area contributed by atoms with Gasteiger partial charge in [-0.3, -0.25) is 4.57 Å². The molecule has 3 heterocycles. The van der Waals surface area contributed by atoms with Gasteiger partial charge in [0.1, 0.15) is 5.82 Å². The van der Waals surface area contributed by atoms with Crippen LogP contribution in [0.5, 0.6) is 0 Å². The molecule has 1 aliphatic rings. The number of hydrogen-bond donors (Lipinski definition) is 1. The number of pyridine rings is 1. The van der Waals surface area contributed by atoms with E-state index >= 15 is 0 Å². The molecule has 1 fully saturated rings. The Bertz CT molecular complexity index is 875. The summed E-state index contributed by atoms with van der Waals surface area (Å²) in [5.74, 6) is 0.998. The zero-order chi connectivity index (χ0) is 15.8. The van der Waals surface area contributed by atoms with Gasteiger partial charge >= 0.3 is 5.69 Å². The van der Waals surface area contributed by atoms with Crippen LogP contribution >= 0.6 is 15.9 Å². The minimum Gasteiger partial charge on any atom is -0.356 e. The van der Waals surface area contributed by atoms with Crippen LogP contribution in [0.1, 0.15) is 18.9 Å². The molecule has 1 aliphatic heterocycles. The number of hydrogen-bond acceptors (Lipinski definition) is 3. The Balaban J connectivity index is 1.56. The molecule has 0 radical (unpaired) electrons. The van der Waals surface area contributed by atoms with Crippen molar-refractivity contribution in [2.75, 3.05) is 18.0 Å².